The van der Waals surface area contributed by atoms with Crippen LogP contribution in [0.15, 0.2) is 54.6 Å². The predicted octanol–water partition coefficient (Wildman–Crippen LogP) is 5.14. The van der Waals surface area contributed by atoms with Gasteiger partial charge in [-0.2, -0.15) is 0 Å². The van der Waals surface area contributed by atoms with E-state index < -0.39 is 17.5 Å². The fraction of sp³-hybridized carbons (Fsp3) is 0.130. The second kappa shape index (κ2) is 8.30. The van der Waals surface area contributed by atoms with Gasteiger partial charge in [0.2, 0.25) is 0 Å². The Hall–Kier alpha value is -2.77. The van der Waals surface area contributed by atoms with E-state index in [0.717, 1.165) is 0 Å². The average molecular weight is 493 g/mol. The first kappa shape index (κ1) is 22.4. The molecule has 3 aromatic rings. The molecule has 1 aliphatic rings. The van der Waals surface area contributed by atoms with E-state index in [1.165, 1.54) is 36.3 Å². The number of halogens is 3. The largest absolute Gasteiger partial charge is 0.496 e. The van der Waals surface area contributed by atoms with Crippen molar-refractivity contribution in [2.75, 3.05) is 12.0 Å². The van der Waals surface area contributed by atoms with Gasteiger partial charge in [0.05, 0.1) is 24.9 Å². The summed E-state index contributed by atoms with van der Waals surface area (Å²) >= 11 is 18.5. The van der Waals surface area contributed by atoms with Crippen LogP contribution in [0.3, 0.4) is 0 Å². The highest BCUT2D eigenvalue weighted by Gasteiger charge is 2.52. The third kappa shape index (κ3) is 3.59. The Morgan fingerprint density at radius 2 is 1.69 bits per heavy atom. The van der Waals surface area contributed by atoms with Crippen LogP contribution in [-0.2, 0) is 16.9 Å². The van der Waals surface area contributed by atoms with Crippen molar-refractivity contribution in [2.24, 2.45) is 0 Å². The zero-order chi connectivity index (χ0) is 23.2. The van der Waals surface area contributed by atoms with E-state index in [1.807, 2.05) is 0 Å². The van der Waals surface area contributed by atoms with Crippen molar-refractivity contribution >= 4 is 52.4 Å². The fourth-order valence-electron chi connectivity index (χ4n) is 3.83. The number of hydrogen-bond acceptors (Lipinski definition) is 4. The van der Waals surface area contributed by atoms with Gasteiger partial charge in [0.25, 0.3) is 5.91 Å². The lowest BCUT2D eigenvalue weighted by Gasteiger charge is -2.25. The van der Waals surface area contributed by atoms with E-state index in [2.05, 4.69) is 0 Å². The number of carbonyl (C=O) groups is 2. The van der Waals surface area contributed by atoms with Gasteiger partial charge < -0.3 is 19.8 Å². The lowest BCUT2D eigenvalue weighted by molar-refractivity contribution is -0.132. The Bertz CT molecular complexity index is 1260. The zero-order valence-electron chi connectivity index (χ0n) is 16.6. The standard InChI is InChI=1S/C23H16Cl3NO5/c1-32-20-10-15(25)4-2-13(20)11-27-19-7-5-14(24)9-17(19)23(31,22(27)30)16-8-12(21(28)29)3-6-18(16)26/h2-10,31H,11H2,1H3,(H,28,29). The molecular formula is C23H16Cl3NO5. The van der Waals surface area contributed by atoms with E-state index in [9.17, 15) is 19.8 Å². The average Bonchev–Trinajstić information content (AvgIpc) is 2.97. The van der Waals surface area contributed by atoms with Crippen molar-refractivity contribution in [1.82, 2.24) is 0 Å². The number of aromatic carboxylic acids is 1. The first-order valence-corrected chi connectivity index (χ1v) is 10.5. The molecule has 164 valence electrons. The van der Waals surface area contributed by atoms with Gasteiger partial charge in [-0.25, -0.2) is 4.79 Å². The van der Waals surface area contributed by atoms with Crippen molar-refractivity contribution in [2.45, 2.75) is 12.1 Å². The molecule has 0 radical (unpaired) electrons. The van der Waals surface area contributed by atoms with E-state index in [4.69, 9.17) is 39.5 Å². The van der Waals surface area contributed by atoms with E-state index in [1.54, 1.807) is 30.3 Å². The Morgan fingerprint density at radius 3 is 2.38 bits per heavy atom. The highest BCUT2D eigenvalue weighted by atomic mass is 35.5. The molecule has 2 N–H and O–H groups in total. The summed E-state index contributed by atoms with van der Waals surface area (Å²) in [7, 11) is 1.49. The van der Waals surface area contributed by atoms with E-state index in [0.29, 0.717) is 27.0 Å². The Kier molecular flexibility index (Phi) is 5.81. The Balaban J connectivity index is 1.89. The number of ether oxygens (including phenoxy) is 1. The number of aliphatic hydroxyl groups is 1. The molecule has 0 saturated carbocycles. The second-order valence-electron chi connectivity index (χ2n) is 7.22. The van der Waals surface area contributed by atoms with Gasteiger partial charge in [0, 0.05) is 31.8 Å². The Labute approximate surface area is 198 Å². The smallest absolute Gasteiger partial charge is 0.335 e. The molecule has 1 heterocycles. The molecule has 9 heteroatoms. The quantitative estimate of drug-likeness (QED) is 0.515. The molecule has 0 aliphatic carbocycles. The topological polar surface area (TPSA) is 87.1 Å². The SMILES string of the molecule is COc1cc(Cl)ccc1CN1C(=O)C(O)(c2cc(C(=O)O)ccc2Cl)c2cc(Cl)ccc21. The van der Waals surface area contributed by atoms with Crippen molar-refractivity contribution in [3.63, 3.8) is 0 Å². The third-order valence-corrected chi connectivity index (χ3v) is 6.17. The number of carbonyl (C=O) groups excluding carboxylic acids is 1. The van der Waals surface area contributed by atoms with Crippen LogP contribution in [-0.4, -0.2) is 29.2 Å². The number of benzene rings is 3. The molecule has 1 aliphatic heterocycles. The number of hydrogen-bond donors (Lipinski definition) is 2. The number of methoxy groups -OCH3 is 1. The van der Waals surface area contributed by atoms with Gasteiger partial charge in [-0.1, -0.05) is 40.9 Å². The molecule has 1 unspecified atom stereocenters. The van der Waals surface area contributed by atoms with Gasteiger partial charge >= 0.3 is 5.97 Å². The normalized spacial score (nSPS) is 17.4. The minimum absolute atomic E-state index is 0.0434. The van der Waals surface area contributed by atoms with Crippen LogP contribution in [0.4, 0.5) is 5.69 Å². The third-order valence-electron chi connectivity index (χ3n) is 5.37. The van der Waals surface area contributed by atoms with Gasteiger partial charge in [0.15, 0.2) is 5.60 Å². The summed E-state index contributed by atoms with van der Waals surface area (Å²) < 4.78 is 5.38. The number of amides is 1. The summed E-state index contributed by atoms with van der Waals surface area (Å²) in [6, 6.07) is 13.5. The summed E-state index contributed by atoms with van der Waals surface area (Å²) in [6.45, 7) is 0.0619. The number of carboxylic acid groups (broad SMARTS) is 1. The molecule has 0 fully saturated rings. The van der Waals surface area contributed by atoms with Crippen LogP contribution in [0.1, 0.15) is 27.0 Å². The van der Waals surface area contributed by atoms with Crippen LogP contribution in [0.2, 0.25) is 15.1 Å². The second-order valence-corrected chi connectivity index (χ2v) is 8.50. The number of fused-ring (bicyclic) bond motifs is 1. The molecule has 1 atom stereocenters. The molecule has 6 nitrogen and oxygen atoms in total. The lowest BCUT2D eigenvalue weighted by Crippen LogP contribution is -2.41. The molecule has 0 aromatic heterocycles. The van der Waals surface area contributed by atoms with Crippen molar-refractivity contribution in [1.29, 1.82) is 0 Å². The molecular weight excluding hydrogens is 477 g/mol. The summed E-state index contributed by atoms with van der Waals surface area (Å²) in [5, 5.41) is 21.9. The fourth-order valence-corrected chi connectivity index (χ4v) is 4.41. The van der Waals surface area contributed by atoms with Gasteiger partial charge in [0.1, 0.15) is 5.75 Å². The van der Waals surface area contributed by atoms with Crippen LogP contribution in [0.25, 0.3) is 0 Å². The Morgan fingerprint density at radius 1 is 1.00 bits per heavy atom. The van der Waals surface area contributed by atoms with Crippen LogP contribution < -0.4 is 9.64 Å². The first-order chi connectivity index (χ1) is 15.2. The number of anilines is 1. The maximum absolute atomic E-state index is 13.7. The van der Waals surface area contributed by atoms with Gasteiger partial charge in [-0.15, -0.1) is 0 Å². The van der Waals surface area contributed by atoms with E-state index >= 15 is 0 Å². The van der Waals surface area contributed by atoms with Crippen molar-refractivity contribution in [3.8, 4) is 5.75 Å². The van der Waals surface area contributed by atoms with Gasteiger partial charge in [-0.3, -0.25) is 4.79 Å². The first-order valence-electron chi connectivity index (χ1n) is 9.37. The maximum atomic E-state index is 13.7. The van der Waals surface area contributed by atoms with Crippen LogP contribution >= 0.6 is 34.8 Å². The number of nitrogens with zero attached hydrogens (tertiary/aromatic N) is 1. The van der Waals surface area contributed by atoms with Crippen molar-refractivity contribution < 1.29 is 24.5 Å². The molecule has 4 rings (SSSR count). The molecule has 32 heavy (non-hydrogen) atoms. The summed E-state index contributed by atoms with van der Waals surface area (Å²) in [6.07, 6.45) is 0. The number of rotatable bonds is 5. The van der Waals surface area contributed by atoms with Crippen LogP contribution in [0, 0.1) is 0 Å². The molecule has 0 saturated heterocycles. The summed E-state index contributed by atoms with van der Waals surface area (Å²) in [5.41, 5.74) is -1.13. The molecule has 1 amide bonds. The molecule has 0 bridgehead atoms. The highest BCUT2D eigenvalue weighted by molar-refractivity contribution is 6.33. The maximum Gasteiger partial charge on any atom is 0.335 e. The van der Waals surface area contributed by atoms with Crippen LogP contribution in [0.5, 0.6) is 5.75 Å². The minimum Gasteiger partial charge on any atom is -0.496 e. The van der Waals surface area contributed by atoms with Gasteiger partial charge in [-0.05, 0) is 48.5 Å². The highest BCUT2D eigenvalue weighted by Crippen LogP contribution is 2.48. The van der Waals surface area contributed by atoms with Crippen molar-refractivity contribution in [3.05, 3.63) is 91.9 Å². The minimum atomic E-state index is -2.23. The molecule has 3 aromatic carbocycles. The predicted molar refractivity (Wildman–Crippen MR) is 122 cm³/mol. The van der Waals surface area contributed by atoms with E-state index in [-0.39, 0.29) is 28.3 Å². The number of carboxylic acids is 1. The zero-order valence-corrected chi connectivity index (χ0v) is 18.9. The molecule has 0 spiro atoms. The summed E-state index contributed by atoms with van der Waals surface area (Å²) in [4.78, 5) is 26.5. The summed E-state index contributed by atoms with van der Waals surface area (Å²) in [5.74, 6) is -1.44. The lowest BCUT2D eigenvalue weighted by atomic mass is 9.86. The monoisotopic (exact) mass is 491 g/mol.